The van der Waals surface area contributed by atoms with Crippen LogP contribution in [-0.4, -0.2) is 0 Å². The number of rotatable bonds is 4. The molecule has 2 nitrogen and oxygen atoms in total. The molecule has 0 aliphatic carbocycles. The Morgan fingerprint density at radius 2 is 1.80 bits per heavy atom. The molecule has 102 valence electrons. The zero-order valence-corrected chi connectivity index (χ0v) is 12.3. The molecule has 2 rings (SSSR count). The summed E-state index contributed by atoms with van der Waals surface area (Å²) in [4.78, 5) is 0. The maximum Gasteiger partial charge on any atom is 0.0994 e. The van der Waals surface area contributed by atoms with Crippen LogP contribution in [0.3, 0.4) is 0 Å². The smallest absolute Gasteiger partial charge is 0.0994 e. The van der Waals surface area contributed by atoms with E-state index < -0.39 is 0 Å². The van der Waals surface area contributed by atoms with Crippen LogP contribution in [-0.2, 0) is 6.54 Å². The van der Waals surface area contributed by atoms with Crippen LogP contribution in [0, 0.1) is 18.3 Å². The number of aryl methyl sites for hydroxylation is 1. The largest absolute Gasteiger partial charge is 0.381 e. The van der Waals surface area contributed by atoms with Gasteiger partial charge in [-0.25, -0.2) is 0 Å². The van der Waals surface area contributed by atoms with Crippen LogP contribution < -0.4 is 5.32 Å². The van der Waals surface area contributed by atoms with Crippen molar-refractivity contribution in [2.45, 2.75) is 33.2 Å². The van der Waals surface area contributed by atoms with Gasteiger partial charge in [0.05, 0.1) is 11.6 Å². The van der Waals surface area contributed by atoms with E-state index in [4.69, 9.17) is 5.26 Å². The van der Waals surface area contributed by atoms with Crippen LogP contribution in [0.1, 0.15) is 42.0 Å². The Bertz CT molecular complexity index is 619. The van der Waals surface area contributed by atoms with Crippen LogP contribution in [0.2, 0.25) is 0 Å². The lowest BCUT2D eigenvalue weighted by Gasteiger charge is -2.10. The van der Waals surface area contributed by atoms with E-state index in [-0.39, 0.29) is 0 Å². The fourth-order valence-electron chi connectivity index (χ4n) is 2.12. The average Bonchev–Trinajstić information content (AvgIpc) is 2.45. The van der Waals surface area contributed by atoms with E-state index in [1.807, 2.05) is 25.1 Å². The SMILES string of the molecule is Cc1cc(NCc2ccc(C(C)C)cc2)ccc1C#N. The lowest BCUT2D eigenvalue weighted by atomic mass is 10.0. The molecule has 1 N–H and O–H groups in total. The van der Waals surface area contributed by atoms with Gasteiger partial charge < -0.3 is 5.32 Å². The summed E-state index contributed by atoms with van der Waals surface area (Å²) in [5.41, 5.74) is 5.42. The van der Waals surface area contributed by atoms with E-state index in [1.165, 1.54) is 11.1 Å². The summed E-state index contributed by atoms with van der Waals surface area (Å²) in [6, 6.07) is 16.7. The lowest BCUT2D eigenvalue weighted by Crippen LogP contribution is -2.00. The minimum atomic E-state index is 0.568. The van der Waals surface area contributed by atoms with E-state index in [1.54, 1.807) is 0 Å². The molecule has 2 aromatic rings. The van der Waals surface area contributed by atoms with Crippen molar-refractivity contribution in [3.8, 4) is 6.07 Å². The van der Waals surface area contributed by atoms with Gasteiger partial charge in [0.1, 0.15) is 0 Å². The molecule has 0 aromatic heterocycles. The molecule has 0 atom stereocenters. The second kappa shape index (κ2) is 6.25. The summed E-state index contributed by atoms with van der Waals surface area (Å²) >= 11 is 0. The van der Waals surface area contributed by atoms with Crippen molar-refractivity contribution in [3.05, 3.63) is 64.7 Å². The topological polar surface area (TPSA) is 35.8 Å². The highest BCUT2D eigenvalue weighted by atomic mass is 14.9. The molecular weight excluding hydrogens is 244 g/mol. The van der Waals surface area contributed by atoms with Crippen molar-refractivity contribution >= 4 is 5.69 Å². The van der Waals surface area contributed by atoms with Crippen molar-refractivity contribution in [2.75, 3.05) is 5.32 Å². The molecule has 0 saturated heterocycles. The van der Waals surface area contributed by atoms with Gasteiger partial charge in [0, 0.05) is 12.2 Å². The molecule has 0 heterocycles. The van der Waals surface area contributed by atoms with Gasteiger partial charge in [0.25, 0.3) is 0 Å². The standard InChI is InChI=1S/C18H20N2/c1-13(2)16-6-4-15(5-7-16)12-20-18-9-8-17(11-19)14(3)10-18/h4-10,13,20H,12H2,1-3H3. The normalized spacial score (nSPS) is 10.3. The minimum absolute atomic E-state index is 0.568. The monoisotopic (exact) mass is 264 g/mol. The minimum Gasteiger partial charge on any atom is -0.381 e. The Morgan fingerprint density at radius 1 is 1.10 bits per heavy atom. The molecule has 0 aliphatic rings. The first-order valence-electron chi connectivity index (χ1n) is 6.93. The highest BCUT2D eigenvalue weighted by Gasteiger charge is 2.01. The fourth-order valence-corrected chi connectivity index (χ4v) is 2.12. The number of nitrogens with one attached hydrogen (secondary N) is 1. The number of nitriles is 1. The fraction of sp³-hybridized carbons (Fsp3) is 0.278. The Morgan fingerprint density at radius 3 is 2.35 bits per heavy atom. The van der Waals surface area contributed by atoms with E-state index in [2.05, 4.69) is 49.5 Å². The molecule has 0 bridgehead atoms. The molecular formula is C18H20N2. The van der Waals surface area contributed by atoms with Crippen molar-refractivity contribution in [1.29, 1.82) is 5.26 Å². The molecule has 0 unspecified atom stereocenters. The van der Waals surface area contributed by atoms with Crippen LogP contribution in [0.4, 0.5) is 5.69 Å². The highest BCUT2D eigenvalue weighted by Crippen LogP contribution is 2.17. The zero-order chi connectivity index (χ0) is 14.5. The number of anilines is 1. The number of nitrogens with zero attached hydrogens (tertiary/aromatic N) is 1. The second-order valence-corrected chi connectivity index (χ2v) is 5.39. The molecule has 0 aliphatic heterocycles. The number of hydrogen-bond acceptors (Lipinski definition) is 2. The van der Waals surface area contributed by atoms with Crippen LogP contribution >= 0.6 is 0 Å². The number of benzene rings is 2. The summed E-state index contributed by atoms with van der Waals surface area (Å²) in [5, 5.41) is 12.3. The third-order valence-corrected chi connectivity index (χ3v) is 3.49. The van der Waals surface area contributed by atoms with Gasteiger partial charge in [-0.2, -0.15) is 5.26 Å². The van der Waals surface area contributed by atoms with Gasteiger partial charge in [-0.05, 0) is 47.7 Å². The molecule has 0 amide bonds. The molecule has 0 fully saturated rings. The predicted octanol–water partition coefficient (Wildman–Crippen LogP) is 4.60. The van der Waals surface area contributed by atoms with Crippen molar-refractivity contribution < 1.29 is 0 Å². The van der Waals surface area contributed by atoms with E-state index in [0.29, 0.717) is 5.92 Å². The third-order valence-electron chi connectivity index (χ3n) is 3.49. The molecule has 0 saturated carbocycles. The van der Waals surface area contributed by atoms with Crippen molar-refractivity contribution in [2.24, 2.45) is 0 Å². The number of hydrogen-bond donors (Lipinski definition) is 1. The van der Waals surface area contributed by atoms with E-state index in [0.717, 1.165) is 23.4 Å². The van der Waals surface area contributed by atoms with Crippen LogP contribution in [0.5, 0.6) is 0 Å². The summed E-state index contributed by atoms with van der Waals surface area (Å²) in [5.74, 6) is 0.568. The Kier molecular flexibility index (Phi) is 4.42. The van der Waals surface area contributed by atoms with Gasteiger partial charge in [-0.15, -0.1) is 0 Å². The summed E-state index contributed by atoms with van der Waals surface area (Å²) in [6.45, 7) is 7.16. The Labute approximate surface area is 121 Å². The van der Waals surface area contributed by atoms with Crippen LogP contribution in [0.15, 0.2) is 42.5 Å². The first-order chi connectivity index (χ1) is 9.60. The Balaban J connectivity index is 2.02. The molecule has 20 heavy (non-hydrogen) atoms. The van der Waals surface area contributed by atoms with Crippen molar-refractivity contribution in [3.63, 3.8) is 0 Å². The Hall–Kier alpha value is -2.27. The van der Waals surface area contributed by atoms with Gasteiger partial charge in [-0.3, -0.25) is 0 Å². The predicted molar refractivity (Wildman–Crippen MR) is 83.8 cm³/mol. The maximum absolute atomic E-state index is 8.92. The third kappa shape index (κ3) is 3.39. The lowest BCUT2D eigenvalue weighted by molar-refractivity contribution is 0.865. The molecule has 0 spiro atoms. The van der Waals surface area contributed by atoms with E-state index in [9.17, 15) is 0 Å². The molecule has 2 aromatic carbocycles. The van der Waals surface area contributed by atoms with Gasteiger partial charge >= 0.3 is 0 Å². The van der Waals surface area contributed by atoms with Gasteiger partial charge in [0.15, 0.2) is 0 Å². The first kappa shape index (κ1) is 14.1. The molecule has 2 heteroatoms. The highest BCUT2D eigenvalue weighted by molar-refractivity contribution is 5.51. The molecule has 0 radical (unpaired) electrons. The van der Waals surface area contributed by atoms with Crippen LogP contribution in [0.25, 0.3) is 0 Å². The van der Waals surface area contributed by atoms with Gasteiger partial charge in [0.2, 0.25) is 0 Å². The van der Waals surface area contributed by atoms with E-state index >= 15 is 0 Å². The first-order valence-corrected chi connectivity index (χ1v) is 6.93. The summed E-state index contributed by atoms with van der Waals surface area (Å²) < 4.78 is 0. The summed E-state index contributed by atoms with van der Waals surface area (Å²) in [7, 11) is 0. The second-order valence-electron chi connectivity index (χ2n) is 5.39. The average molecular weight is 264 g/mol. The summed E-state index contributed by atoms with van der Waals surface area (Å²) in [6.07, 6.45) is 0. The van der Waals surface area contributed by atoms with Crippen molar-refractivity contribution in [1.82, 2.24) is 0 Å². The van der Waals surface area contributed by atoms with Gasteiger partial charge in [-0.1, -0.05) is 38.1 Å². The maximum atomic E-state index is 8.92. The zero-order valence-electron chi connectivity index (χ0n) is 12.3. The quantitative estimate of drug-likeness (QED) is 0.875.